The second kappa shape index (κ2) is 33.4. The smallest absolute Gasteiger partial charge is 0.245 e. The van der Waals surface area contributed by atoms with E-state index in [-0.39, 0.29) is 30.8 Å². The van der Waals surface area contributed by atoms with Gasteiger partial charge >= 0.3 is 0 Å². The minimum absolute atomic E-state index is 0.00260. The first-order valence-electron chi connectivity index (χ1n) is 16.1. The van der Waals surface area contributed by atoms with E-state index in [1.165, 1.54) is 28.0 Å². The first-order valence-corrected chi connectivity index (χ1v) is 20.6. The maximum atomic E-state index is 11.7. The number of nitrogens with one attached hydrogen (secondary N) is 2. The topological polar surface area (TPSA) is 151 Å². The van der Waals surface area contributed by atoms with E-state index in [0.29, 0.717) is 64.8 Å². The van der Waals surface area contributed by atoms with Crippen LogP contribution in [0.25, 0.3) is 0 Å². The number of ketones is 1. The van der Waals surface area contributed by atoms with E-state index < -0.39 is 0 Å². The van der Waals surface area contributed by atoms with Crippen molar-refractivity contribution in [1.29, 1.82) is 0 Å². The molecule has 0 bridgehead atoms. The number of amides is 2. The molecular formula is C34H49N5O7S4. The Morgan fingerprint density at radius 3 is 1.66 bits per heavy atom. The average Bonchev–Trinajstić information content (AvgIpc) is 3.14. The van der Waals surface area contributed by atoms with E-state index in [1.54, 1.807) is 47.2 Å². The molecule has 3 heterocycles. The molecule has 0 fully saturated rings. The molecule has 0 saturated heterocycles. The maximum Gasteiger partial charge on any atom is 0.245 e. The van der Waals surface area contributed by atoms with Crippen molar-refractivity contribution in [2.45, 2.75) is 48.2 Å². The van der Waals surface area contributed by atoms with Crippen LogP contribution in [-0.4, -0.2) is 105 Å². The fourth-order valence-corrected chi connectivity index (χ4v) is 6.57. The van der Waals surface area contributed by atoms with Crippen LogP contribution in [0.4, 0.5) is 0 Å². The summed E-state index contributed by atoms with van der Waals surface area (Å²) in [5.41, 5.74) is 0. The summed E-state index contributed by atoms with van der Waals surface area (Å²) in [6.45, 7) is 6.93. The van der Waals surface area contributed by atoms with E-state index >= 15 is 0 Å². The fraction of sp³-hybridized carbons (Fsp3) is 0.471. The highest BCUT2D eigenvalue weighted by Crippen LogP contribution is 2.34. The van der Waals surface area contributed by atoms with Crippen molar-refractivity contribution in [3.63, 3.8) is 0 Å². The van der Waals surface area contributed by atoms with Crippen molar-refractivity contribution in [3.8, 4) is 0 Å². The van der Waals surface area contributed by atoms with Crippen LogP contribution in [0.5, 0.6) is 0 Å². The lowest BCUT2D eigenvalue weighted by molar-refractivity contribution is -0.126. The third-order valence-corrected chi connectivity index (χ3v) is 9.60. The van der Waals surface area contributed by atoms with Gasteiger partial charge in [-0.3, -0.25) is 14.4 Å². The molecule has 0 aliphatic heterocycles. The van der Waals surface area contributed by atoms with Crippen molar-refractivity contribution in [2.75, 3.05) is 72.2 Å². The lowest BCUT2D eigenvalue weighted by Crippen LogP contribution is -2.29. The van der Waals surface area contributed by atoms with Crippen molar-refractivity contribution in [2.24, 2.45) is 0 Å². The number of Topliss-reactive ketones (excluding diaryl/α,β-unsaturated/α-hetero) is 1. The normalized spacial score (nSPS) is 10.2. The van der Waals surface area contributed by atoms with Crippen LogP contribution in [0, 0.1) is 0 Å². The van der Waals surface area contributed by atoms with Gasteiger partial charge in [0.05, 0.1) is 38.8 Å². The van der Waals surface area contributed by atoms with Gasteiger partial charge in [0.2, 0.25) is 11.8 Å². The summed E-state index contributed by atoms with van der Waals surface area (Å²) in [6, 6.07) is 17.4. The highest BCUT2D eigenvalue weighted by molar-refractivity contribution is 8.77. The zero-order valence-electron chi connectivity index (χ0n) is 29.0. The summed E-state index contributed by atoms with van der Waals surface area (Å²) in [5, 5.41) is 8.11. The number of carbonyl (C=O) groups excluding carboxylic acids is 3. The number of hydrogen-bond acceptors (Lipinski definition) is 14. The molecule has 16 heteroatoms. The molecule has 3 aromatic heterocycles. The molecule has 50 heavy (non-hydrogen) atoms. The van der Waals surface area contributed by atoms with Gasteiger partial charge in [-0.1, -0.05) is 49.3 Å². The Balaban J connectivity index is 0.000000600. The van der Waals surface area contributed by atoms with Gasteiger partial charge in [-0.2, -0.15) is 0 Å². The van der Waals surface area contributed by atoms with Crippen LogP contribution < -0.4 is 10.6 Å². The standard InChI is InChI=1S/C21H33N3O7S2.C10H8N2S2.C3H8/c1-22-19(26)16-31-14-11-28-9-4-5-18(25)15-30-13-12-29-10-8-23-20(27)17-32-33-21-6-2-3-7-24-21;1-3-7-11-9(5-1)13-14-10-6-2-4-8-12-10;1-3-2/h2-3,6-7H,4-5,8-17H2,1H3,(H,22,26)(H,23,27);1-8H;3H2,1-2H3. The van der Waals surface area contributed by atoms with Gasteiger partial charge < -0.3 is 29.6 Å². The van der Waals surface area contributed by atoms with Crippen LogP contribution in [0.2, 0.25) is 0 Å². The average molecular weight is 768 g/mol. The first kappa shape index (κ1) is 45.3. The largest absolute Gasteiger partial charge is 0.379 e. The Bertz CT molecular complexity index is 1220. The highest BCUT2D eigenvalue weighted by Gasteiger charge is 2.05. The summed E-state index contributed by atoms with van der Waals surface area (Å²) in [4.78, 5) is 47.0. The number of likely N-dealkylation sites (N-methyl/N-ethyl adjacent to an activating group) is 1. The molecule has 3 rings (SSSR count). The predicted octanol–water partition coefficient (Wildman–Crippen LogP) is 5.79. The molecular weight excluding hydrogens is 719 g/mol. The van der Waals surface area contributed by atoms with Crippen LogP contribution in [0.1, 0.15) is 33.1 Å². The first-order chi connectivity index (χ1) is 24.5. The Hall–Kier alpha value is -2.70. The van der Waals surface area contributed by atoms with E-state index in [2.05, 4.69) is 39.4 Å². The Morgan fingerprint density at radius 2 is 1.14 bits per heavy atom. The molecule has 0 aliphatic carbocycles. The van der Waals surface area contributed by atoms with Crippen molar-refractivity contribution >= 4 is 60.8 Å². The molecule has 2 amide bonds. The SMILES string of the molecule is CCC.CNC(=O)COCCOCCCC(=O)COCCOCCNC(=O)CSSc1ccccn1.c1ccc(SSc2ccccn2)nc1. The van der Waals surface area contributed by atoms with E-state index in [1.807, 2.05) is 54.6 Å². The fourth-order valence-electron chi connectivity index (χ4n) is 3.04. The minimum atomic E-state index is -0.181. The molecule has 0 radical (unpaired) electrons. The lowest BCUT2D eigenvalue weighted by Gasteiger charge is -2.07. The molecule has 3 aromatic rings. The summed E-state index contributed by atoms with van der Waals surface area (Å²) < 4.78 is 21.1. The number of rotatable bonds is 24. The van der Waals surface area contributed by atoms with Gasteiger partial charge in [-0.05, 0) is 75.2 Å². The van der Waals surface area contributed by atoms with Gasteiger partial charge in [-0.15, -0.1) is 0 Å². The van der Waals surface area contributed by atoms with Crippen molar-refractivity contribution in [1.82, 2.24) is 25.6 Å². The summed E-state index contributed by atoms with van der Waals surface area (Å²) >= 11 is 0. The quantitative estimate of drug-likeness (QED) is 0.0836. The summed E-state index contributed by atoms with van der Waals surface area (Å²) in [6.07, 6.45) is 7.53. The second-order valence-corrected chi connectivity index (χ2v) is 14.2. The Labute approximate surface area is 311 Å². The number of aromatic nitrogens is 3. The van der Waals surface area contributed by atoms with E-state index in [4.69, 9.17) is 18.9 Å². The number of hydrogen-bond donors (Lipinski definition) is 2. The zero-order chi connectivity index (χ0) is 36.3. The Morgan fingerprint density at radius 1 is 0.640 bits per heavy atom. The van der Waals surface area contributed by atoms with Gasteiger partial charge in [0.25, 0.3) is 0 Å². The maximum absolute atomic E-state index is 11.7. The van der Waals surface area contributed by atoms with E-state index in [9.17, 15) is 14.4 Å². The molecule has 0 aliphatic rings. The molecule has 2 N–H and O–H groups in total. The summed E-state index contributed by atoms with van der Waals surface area (Å²) in [5.74, 6) is 0.0970. The molecule has 12 nitrogen and oxygen atoms in total. The van der Waals surface area contributed by atoms with Crippen LogP contribution in [-0.2, 0) is 33.3 Å². The van der Waals surface area contributed by atoms with Crippen LogP contribution in [0.15, 0.2) is 88.3 Å². The minimum Gasteiger partial charge on any atom is -0.379 e. The predicted molar refractivity (Wildman–Crippen MR) is 203 cm³/mol. The number of ether oxygens (including phenoxy) is 4. The molecule has 0 saturated carbocycles. The third kappa shape index (κ3) is 28.0. The van der Waals surface area contributed by atoms with Crippen molar-refractivity contribution in [3.05, 3.63) is 73.2 Å². The van der Waals surface area contributed by atoms with Gasteiger partial charge in [-0.25, -0.2) is 15.0 Å². The number of nitrogens with zero attached hydrogens (tertiary/aromatic N) is 3. The monoisotopic (exact) mass is 767 g/mol. The van der Waals surface area contributed by atoms with Gasteiger partial charge in [0.15, 0.2) is 5.78 Å². The van der Waals surface area contributed by atoms with Gasteiger partial charge in [0.1, 0.15) is 28.3 Å². The number of pyridine rings is 3. The molecule has 0 atom stereocenters. The molecule has 276 valence electrons. The second-order valence-electron chi connectivity index (χ2n) is 9.72. The molecule has 0 unspecified atom stereocenters. The zero-order valence-corrected chi connectivity index (χ0v) is 32.2. The molecule has 0 spiro atoms. The van der Waals surface area contributed by atoms with Crippen molar-refractivity contribution < 1.29 is 33.3 Å². The third-order valence-electron chi connectivity index (χ3n) is 5.29. The summed E-state index contributed by atoms with van der Waals surface area (Å²) in [7, 11) is 7.67. The highest BCUT2D eigenvalue weighted by atomic mass is 33.1. The van der Waals surface area contributed by atoms with Crippen LogP contribution >= 0.6 is 43.2 Å². The van der Waals surface area contributed by atoms with Gasteiger partial charge in [0, 0.05) is 45.2 Å². The lowest BCUT2D eigenvalue weighted by atomic mass is 10.2. The Kier molecular flexibility index (Phi) is 30.3. The van der Waals surface area contributed by atoms with Crippen LogP contribution in [0.3, 0.4) is 0 Å². The molecule has 0 aromatic carbocycles. The van der Waals surface area contributed by atoms with E-state index in [0.717, 1.165) is 15.1 Å². The number of carbonyl (C=O) groups is 3.